The maximum absolute atomic E-state index is 12.8. The summed E-state index contributed by atoms with van der Waals surface area (Å²) >= 11 is 0. The van der Waals surface area contributed by atoms with E-state index in [-0.39, 0.29) is 18.4 Å². The Bertz CT molecular complexity index is 966. The van der Waals surface area contributed by atoms with Gasteiger partial charge in [0.05, 0.1) is 13.2 Å². The van der Waals surface area contributed by atoms with E-state index in [0.29, 0.717) is 56.3 Å². The molecule has 0 aliphatic carbocycles. The van der Waals surface area contributed by atoms with Gasteiger partial charge in [0, 0.05) is 31.6 Å². The van der Waals surface area contributed by atoms with Gasteiger partial charge in [-0.15, -0.1) is 0 Å². The minimum absolute atomic E-state index is 0.0288. The van der Waals surface area contributed by atoms with E-state index in [9.17, 15) is 14.4 Å². The number of ether oxygens (including phenoxy) is 3. The lowest BCUT2D eigenvalue weighted by atomic mass is 9.96. The predicted molar refractivity (Wildman–Crippen MR) is 132 cm³/mol. The van der Waals surface area contributed by atoms with Crippen molar-refractivity contribution in [2.45, 2.75) is 39.5 Å². The molecule has 8 heteroatoms. The summed E-state index contributed by atoms with van der Waals surface area (Å²) in [6, 6.07) is 14.3. The van der Waals surface area contributed by atoms with E-state index >= 15 is 0 Å². The normalized spacial score (nSPS) is 13.7. The number of benzene rings is 2. The molecule has 35 heavy (non-hydrogen) atoms. The highest BCUT2D eigenvalue weighted by molar-refractivity contribution is 5.94. The molecular weight excluding hydrogens is 448 g/mol. The molecule has 0 atom stereocenters. The molecule has 2 amide bonds. The molecule has 1 aliphatic rings. The van der Waals surface area contributed by atoms with Crippen LogP contribution in [0.15, 0.2) is 48.5 Å². The number of rotatable bonds is 10. The van der Waals surface area contributed by atoms with Gasteiger partial charge in [0.2, 0.25) is 5.91 Å². The number of hydrogen-bond acceptors (Lipinski definition) is 6. The smallest absolute Gasteiger partial charge is 0.494 e. The molecule has 0 spiro atoms. The summed E-state index contributed by atoms with van der Waals surface area (Å²) in [6.45, 7) is 6.38. The van der Waals surface area contributed by atoms with Gasteiger partial charge < -0.3 is 24.4 Å². The fourth-order valence-electron chi connectivity index (χ4n) is 3.84. The van der Waals surface area contributed by atoms with Crippen LogP contribution in [0, 0.1) is 12.8 Å². The SMILES string of the molecule is CCOC(=O)Oc1ccc(C(=O)N2CCC(CNC(=O)CCCOc3ccc(C)cc3)CC2)cc1. The summed E-state index contributed by atoms with van der Waals surface area (Å²) < 4.78 is 15.4. The van der Waals surface area contributed by atoms with Gasteiger partial charge in [0.1, 0.15) is 11.5 Å². The first-order valence-electron chi connectivity index (χ1n) is 12.1. The van der Waals surface area contributed by atoms with Crippen LogP contribution in [0.1, 0.15) is 48.5 Å². The topological polar surface area (TPSA) is 94.2 Å². The van der Waals surface area contributed by atoms with E-state index in [4.69, 9.17) is 14.2 Å². The Kier molecular flexibility index (Phi) is 9.95. The molecule has 188 valence electrons. The van der Waals surface area contributed by atoms with Crippen molar-refractivity contribution in [1.29, 1.82) is 0 Å². The molecule has 0 unspecified atom stereocenters. The van der Waals surface area contributed by atoms with E-state index in [1.807, 2.05) is 36.1 Å². The van der Waals surface area contributed by atoms with Crippen LogP contribution in [-0.4, -0.2) is 55.7 Å². The van der Waals surface area contributed by atoms with Crippen molar-refractivity contribution in [3.63, 3.8) is 0 Å². The second-order valence-electron chi connectivity index (χ2n) is 8.61. The van der Waals surface area contributed by atoms with Crippen LogP contribution >= 0.6 is 0 Å². The largest absolute Gasteiger partial charge is 0.513 e. The first-order valence-corrected chi connectivity index (χ1v) is 12.1. The highest BCUT2D eigenvalue weighted by Crippen LogP contribution is 2.20. The van der Waals surface area contributed by atoms with Gasteiger partial charge in [-0.25, -0.2) is 4.79 Å². The molecule has 1 saturated heterocycles. The Morgan fingerprint density at radius 1 is 0.971 bits per heavy atom. The van der Waals surface area contributed by atoms with Gasteiger partial charge in [-0.2, -0.15) is 0 Å². The number of amides is 2. The lowest BCUT2D eigenvalue weighted by molar-refractivity contribution is -0.121. The molecule has 8 nitrogen and oxygen atoms in total. The van der Waals surface area contributed by atoms with E-state index in [1.165, 1.54) is 5.56 Å². The quantitative estimate of drug-likeness (QED) is 0.307. The molecule has 1 aliphatic heterocycles. The first kappa shape index (κ1) is 26.1. The Balaban J connectivity index is 1.31. The summed E-state index contributed by atoms with van der Waals surface area (Å²) in [5.74, 6) is 1.48. The summed E-state index contributed by atoms with van der Waals surface area (Å²) in [5, 5.41) is 3.02. The molecule has 3 rings (SSSR count). The standard InChI is InChI=1S/C27H34N2O6/c1-3-33-27(32)35-24-12-8-22(9-13-24)26(31)29-16-14-21(15-17-29)19-28-25(30)5-4-18-34-23-10-6-20(2)7-11-23/h6-13,21H,3-5,14-19H2,1-2H3,(H,28,30). The van der Waals surface area contributed by atoms with Crippen LogP contribution in [0.2, 0.25) is 0 Å². The van der Waals surface area contributed by atoms with E-state index in [0.717, 1.165) is 18.6 Å². The van der Waals surface area contributed by atoms with Crippen LogP contribution in [0.5, 0.6) is 11.5 Å². The van der Waals surface area contributed by atoms with Gasteiger partial charge >= 0.3 is 6.16 Å². The van der Waals surface area contributed by atoms with Crippen molar-refractivity contribution < 1.29 is 28.6 Å². The summed E-state index contributed by atoms with van der Waals surface area (Å²) in [5.41, 5.74) is 1.73. The van der Waals surface area contributed by atoms with Crippen molar-refractivity contribution in [3.05, 3.63) is 59.7 Å². The second kappa shape index (κ2) is 13.4. The fraction of sp³-hybridized carbons (Fsp3) is 0.444. The maximum atomic E-state index is 12.8. The minimum atomic E-state index is -0.767. The Morgan fingerprint density at radius 3 is 2.29 bits per heavy atom. The Morgan fingerprint density at radius 2 is 1.63 bits per heavy atom. The van der Waals surface area contributed by atoms with Crippen molar-refractivity contribution >= 4 is 18.0 Å². The highest BCUT2D eigenvalue weighted by atomic mass is 16.7. The molecule has 0 aromatic heterocycles. The van der Waals surface area contributed by atoms with Crippen LogP contribution in [-0.2, 0) is 9.53 Å². The van der Waals surface area contributed by atoms with Crippen molar-refractivity contribution in [3.8, 4) is 11.5 Å². The molecule has 0 radical (unpaired) electrons. The fourth-order valence-corrected chi connectivity index (χ4v) is 3.84. The average Bonchev–Trinajstić information content (AvgIpc) is 2.87. The molecule has 2 aromatic carbocycles. The van der Waals surface area contributed by atoms with Crippen molar-refractivity contribution in [1.82, 2.24) is 10.2 Å². The third-order valence-corrected chi connectivity index (χ3v) is 5.89. The van der Waals surface area contributed by atoms with Gasteiger partial charge in [0.25, 0.3) is 5.91 Å². The van der Waals surface area contributed by atoms with E-state index < -0.39 is 6.16 Å². The third-order valence-electron chi connectivity index (χ3n) is 5.89. The van der Waals surface area contributed by atoms with Crippen molar-refractivity contribution in [2.75, 3.05) is 32.8 Å². The molecule has 1 fully saturated rings. The van der Waals surface area contributed by atoms with Crippen molar-refractivity contribution in [2.24, 2.45) is 5.92 Å². The predicted octanol–water partition coefficient (Wildman–Crippen LogP) is 4.36. The molecule has 1 N–H and O–H groups in total. The van der Waals surface area contributed by atoms with E-state index in [2.05, 4.69) is 5.32 Å². The first-order chi connectivity index (χ1) is 16.9. The van der Waals surface area contributed by atoms with Crippen LogP contribution in [0.3, 0.4) is 0 Å². The summed E-state index contributed by atoms with van der Waals surface area (Å²) in [7, 11) is 0. The van der Waals surface area contributed by atoms with Gasteiger partial charge in [-0.1, -0.05) is 17.7 Å². The number of piperidine rings is 1. The zero-order chi connectivity index (χ0) is 25.0. The molecular formula is C27H34N2O6. The van der Waals surface area contributed by atoms with E-state index in [1.54, 1.807) is 31.2 Å². The lowest BCUT2D eigenvalue weighted by Crippen LogP contribution is -2.41. The van der Waals surface area contributed by atoms with Gasteiger partial charge in [-0.3, -0.25) is 9.59 Å². The number of hydrogen-bond donors (Lipinski definition) is 1. The minimum Gasteiger partial charge on any atom is -0.494 e. The number of carbonyl (C=O) groups is 3. The monoisotopic (exact) mass is 482 g/mol. The summed E-state index contributed by atoms with van der Waals surface area (Å²) in [6.07, 6.45) is 2.01. The zero-order valence-electron chi connectivity index (χ0n) is 20.5. The number of nitrogens with one attached hydrogen (secondary N) is 1. The van der Waals surface area contributed by atoms with Crippen LogP contribution in [0.4, 0.5) is 4.79 Å². The number of aryl methyl sites for hydroxylation is 1. The second-order valence-corrected chi connectivity index (χ2v) is 8.61. The summed E-state index contributed by atoms with van der Waals surface area (Å²) in [4.78, 5) is 38.1. The van der Waals surface area contributed by atoms with Gasteiger partial charge in [-0.05, 0) is 75.4 Å². The maximum Gasteiger partial charge on any atom is 0.513 e. The van der Waals surface area contributed by atoms with Crippen LogP contribution in [0.25, 0.3) is 0 Å². The molecule has 0 bridgehead atoms. The highest BCUT2D eigenvalue weighted by Gasteiger charge is 2.24. The lowest BCUT2D eigenvalue weighted by Gasteiger charge is -2.32. The third kappa shape index (κ3) is 8.63. The molecule has 2 aromatic rings. The zero-order valence-corrected chi connectivity index (χ0v) is 20.5. The average molecular weight is 483 g/mol. The number of likely N-dealkylation sites (tertiary alicyclic amines) is 1. The molecule has 1 heterocycles. The molecule has 0 saturated carbocycles. The van der Waals surface area contributed by atoms with Crippen LogP contribution < -0.4 is 14.8 Å². The number of nitrogens with zero attached hydrogens (tertiary/aromatic N) is 1. The van der Waals surface area contributed by atoms with Gasteiger partial charge in [0.15, 0.2) is 0 Å². The Labute approximate surface area is 206 Å². The number of carbonyl (C=O) groups excluding carboxylic acids is 3. The Hall–Kier alpha value is -3.55.